The van der Waals surface area contributed by atoms with Gasteiger partial charge in [-0.1, -0.05) is 6.92 Å². The minimum atomic E-state index is -0.403. The van der Waals surface area contributed by atoms with E-state index in [1.807, 2.05) is 13.0 Å². The van der Waals surface area contributed by atoms with Crippen LogP contribution in [0.2, 0.25) is 0 Å². The maximum Gasteiger partial charge on any atom is 0.340 e. The summed E-state index contributed by atoms with van der Waals surface area (Å²) in [6.45, 7) is 2.02. The van der Waals surface area contributed by atoms with E-state index in [9.17, 15) is 4.79 Å². The van der Waals surface area contributed by atoms with E-state index in [1.165, 1.54) is 18.4 Å². The molecule has 6 nitrogen and oxygen atoms in total. The summed E-state index contributed by atoms with van der Waals surface area (Å²) in [5.74, 6) is 0.893. The average molecular weight is 380 g/mol. The topological polar surface area (TPSA) is 68.8 Å². The van der Waals surface area contributed by atoms with Gasteiger partial charge in [0.2, 0.25) is 0 Å². The molecule has 0 spiro atoms. The van der Waals surface area contributed by atoms with E-state index in [1.54, 1.807) is 32.4 Å². The fraction of sp³-hybridized carbons (Fsp3) is 0.294. The molecule has 134 valence electrons. The number of thiophene rings is 1. The van der Waals surface area contributed by atoms with Crippen LogP contribution in [0.25, 0.3) is 0 Å². The van der Waals surface area contributed by atoms with Crippen molar-refractivity contribution in [2.45, 2.75) is 13.3 Å². The first-order chi connectivity index (χ1) is 12.0. The van der Waals surface area contributed by atoms with E-state index in [0.717, 1.165) is 11.3 Å². The molecule has 0 atom stereocenters. The lowest BCUT2D eigenvalue weighted by Gasteiger charge is -2.14. The molecule has 1 aromatic carbocycles. The zero-order chi connectivity index (χ0) is 18.4. The fourth-order valence-electron chi connectivity index (χ4n) is 2.14. The molecule has 2 rings (SSSR count). The lowest BCUT2D eigenvalue weighted by molar-refractivity contribution is 0.0602. The Labute approximate surface area is 156 Å². The van der Waals surface area contributed by atoms with Crippen molar-refractivity contribution < 1.29 is 19.0 Å². The third-order valence-electron chi connectivity index (χ3n) is 3.42. The normalized spacial score (nSPS) is 10.1. The minimum Gasteiger partial charge on any atom is -0.497 e. The van der Waals surface area contributed by atoms with Crippen LogP contribution in [-0.4, -0.2) is 32.4 Å². The van der Waals surface area contributed by atoms with Gasteiger partial charge in [-0.15, -0.1) is 11.3 Å². The molecule has 8 heteroatoms. The first-order valence-electron chi connectivity index (χ1n) is 7.53. The number of rotatable bonds is 6. The van der Waals surface area contributed by atoms with E-state index >= 15 is 0 Å². The highest BCUT2D eigenvalue weighted by Crippen LogP contribution is 2.31. The SMILES string of the molecule is CCc1cc(C(=O)OC)c(NC(=S)Nc2cc(OC)ccc2OC)s1. The van der Waals surface area contributed by atoms with Crippen LogP contribution < -0.4 is 20.1 Å². The van der Waals surface area contributed by atoms with Crippen molar-refractivity contribution in [2.24, 2.45) is 0 Å². The average Bonchev–Trinajstić information content (AvgIpc) is 3.03. The Balaban J connectivity index is 2.21. The van der Waals surface area contributed by atoms with Gasteiger partial charge in [0.15, 0.2) is 5.11 Å². The Morgan fingerprint density at radius 1 is 1.16 bits per heavy atom. The number of esters is 1. The van der Waals surface area contributed by atoms with Gasteiger partial charge in [-0.25, -0.2) is 4.79 Å². The van der Waals surface area contributed by atoms with Gasteiger partial charge in [-0.3, -0.25) is 0 Å². The lowest BCUT2D eigenvalue weighted by atomic mass is 10.2. The van der Waals surface area contributed by atoms with Crippen LogP contribution in [0, 0.1) is 0 Å². The van der Waals surface area contributed by atoms with Gasteiger partial charge in [-0.05, 0) is 36.8 Å². The van der Waals surface area contributed by atoms with Crippen molar-refractivity contribution in [3.63, 3.8) is 0 Å². The van der Waals surface area contributed by atoms with Crippen LogP contribution in [0.15, 0.2) is 24.3 Å². The van der Waals surface area contributed by atoms with E-state index in [0.29, 0.717) is 32.9 Å². The van der Waals surface area contributed by atoms with Gasteiger partial charge in [-0.2, -0.15) is 0 Å². The van der Waals surface area contributed by atoms with Gasteiger partial charge in [0, 0.05) is 10.9 Å². The summed E-state index contributed by atoms with van der Waals surface area (Å²) >= 11 is 6.83. The summed E-state index contributed by atoms with van der Waals surface area (Å²) in [6.07, 6.45) is 0.820. The number of aryl methyl sites for hydroxylation is 1. The molecule has 0 fully saturated rings. The predicted octanol–water partition coefficient (Wildman–Crippen LogP) is 3.92. The number of anilines is 2. The van der Waals surface area contributed by atoms with E-state index in [-0.39, 0.29) is 0 Å². The summed E-state index contributed by atoms with van der Waals surface area (Å²) in [5.41, 5.74) is 1.12. The molecule has 1 heterocycles. The number of hydrogen-bond acceptors (Lipinski definition) is 6. The number of nitrogens with one attached hydrogen (secondary N) is 2. The lowest BCUT2D eigenvalue weighted by Crippen LogP contribution is -2.20. The fourth-order valence-corrected chi connectivity index (χ4v) is 3.40. The number of ether oxygens (including phenoxy) is 3. The molecule has 0 amide bonds. The zero-order valence-corrected chi connectivity index (χ0v) is 16.1. The standard InChI is InChI=1S/C17H20N2O4S2/c1-5-11-9-12(16(20)23-4)15(25-11)19-17(24)18-13-8-10(21-2)6-7-14(13)22-3/h6-9H,5H2,1-4H3,(H2,18,19,24). The van der Waals surface area contributed by atoms with Gasteiger partial charge in [0.1, 0.15) is 16.5 Å². The highest BCUT2D eigenvalue weighted by atomic mass is 32.1. The van der Waals surface area contributed by atoms with Crippen molar-refractivity contribution >= 4 is 45.3 Å². The number of benzene rings is 1. The van der Waals surface area contributed by atoms with Crippen molar-refractivity contribution in [2.75, 3.05) is 32.0 Å². The van der Waals surface area contributed by atoms with Crippen LogP contribution in [-0.2, 0) is 11.2 Å². The molecule has 0 radical (unpaired) electrons. The van der Waals surface area contributed by atoms with Crippen LogP contribution in [0.4, 0.5) is 10.7 Å². The molecule has 0 unspecified atom stereocenters. The molecule has 2 N–H and O–H groups in total. The van der Waals surface area contributed by atoms with E-state index in [2.05, 4.69) is 10.6 Å². The number of hydrogen-bond donors (Lipinski definition) is 2. The molecule has 1 aromatic heterocycles. The summed E-state index contributed by atoms with van der Waals surface area (Å²) < 4.78 is 15.4. The number of thiocarbonyl (C=S) groups is 1. The van der Waals surface area contributed by atoms with Crippen molar-refractivity contribution in [1.29, 1.82) is 0 Å². The Bertz CT molecular complexity index is 774. The Morgan fingerprint density at radius 2 is 1.92 bits per heavy atom. The molecule has 0 aliphatic rings. The van der Waals surface area contributed by atoms with Crippen LogP contribution in [0.1, 0.15) is 22.2 Å². The Hall–Kier alpha value is -2.32. The molecule has 25 heavy (non-hydrogen) atoms. The Kier molecular flexibility index (Phi) is 6.60. The second kappa shape index (κ2) is 8.68. The highest BCUT2D eigenvalue weighted by molar-refractivity contribution is 7.80. The van der Waals surface area contributed by atoms with Crippen molar-refractivity contribution in [1.82, 2.24) is 0 Å². The minimum absolute atomic E-state index is 0.334. The molecule has 0 aliphatic carbocycles. The summed E-state index contributed by atoms with van der Waals surface area (Å²) in [6, 6.07) is 7.17. The maximum atomic E-state index is 11.9. The monoisotopic (exact) mass is 380 g/mol. The van der Waals surface area contributed by atoms with Gasteiger partial charge in [0.25, 0.3) is 0 Å². The second-order valence-electron chi connectivity index (χ2n) is 4.95. The molecule has 0 saturated carbocycles. The third kappa shape index (κ3) is 4.61. The molecule has 0 aliphatic heterocycles. The molecule has 0 saturated heterocycles. The van der Waals surface area contributed by atoms with Crippen LogP contribution in [0.5, 0.6) is 11.5 Å². The molecule has 0 bridgehead atoms. The van der Waals surface area contributed by atoms with Crippen molar-refractivity contribution in [3.05, 3.63) is 34.7 Å². The first kappa shape index (κ1) is 19.0. The van der Waals surface area contributed by atoms with Crippen molar-refractivity contribution in [3.8, 4) is 11.5 Å². The maximum absolute atomic E-state index is 11.9. The van der Waals surface area contributed by atoms with E-state index in [4.69, 9.17) is 26.4 Å². The van der Waals surface area contributed by atoms with Gasteiger partial charge < -0.3 is 24.8 Å². The predicted molar refractivity (Wildman–Crippen MR) is 104 cm³/mol. The smallest absolute Gasteiger partial charge is 0.340 e. The Morgan fingerprint density at radius 3 is 2.52 bits per heavy atom. The number of carbonyl (C=O) groups excluding carboxylic acids is 1. The first-order valence-corrected chi connectivity index (χ1v) is 8.75. The molecular weight excluding hydrogens is 360 g/mol. The zero-order valence-electron chi connectivity index (χ0n) is 14.5. The third-order valence-corrected chi connectivity index (χ3v) is 4.82. The summed E-state index contributed by atoms with van der Waals surface area (Å²) in [5, 5.41) is 7.10. The number of carbonyl (C=O) groups is 1. The summed E-state index contributed by atoms with van der Waals surface area (Å²) in [7, 11) is 4.52. The molecular formula is C17H20N2O4S2. The number of methoxy groups -OCH3 is 3. The van der Waals surface area contributed by atoms with E-state index < -0.39 is 5.97 Å². The van der Waals surface area contributed by atoms with Crippen LogP contribution >= 0.6 is 23.6 Å². The summed E-state index contributed by atoms with van der Waals surface area (Å²) in [4.78, 5) is 13.0. The van der Waals surface area contributed by atoms with Gasteiger partial charge in [0.05, 0.1) is 32.6 Å². The largest absolute Gasteiger partial charge is 0.497 e. The second-order valence-corrected chi connectivity index (χ2v) is 6.49. The molecule has 2 aromatic rings. The highest BCUT2D eigenvalue weighted by Gasteiger charge is 2.17. The van der Waals surface area contributed by atoms with Gasteiger partial charge >= 0.3 is 5.97 Å². The van der Waals surface area contributed by atoms with Crippen LogP contribution in [0.3, 0.4) is 0 Å². The quantitative estimate of drug-likeness (QED) is 0.581.